The van der Waals surface area contributed by atoms with Gasteiger partial charge in [-0.3, -0.25) is 4.79 Å². The number of rotatable bonds is 9. The maximum Gasteiger partial charge on any atom is 0.319 e. The number of benzene rings is 3. The zero-order valence-corrected chi connectivity index (χ0v) is 21.9. The molecule has 1 unspecified atom stereocenters. The molecule has 2 aliphatic rings. The van der Waals surface area contributed by atoms with E-state index in [0.717, 1.165) is 38.0 Å². The highest BCUT2D eigenvalue weighted by Crippen LogP contribution is 2.32. The zero-order valence-electron chi connectivity index (χ0n) is 21.9. The second-order valence-electron chi connectivity index (χ2n) is 9.86. The van der Waals surface area contributed by atoms with Gasteiger partial charge in [0, 0.05) is 17.3 Å². The Bertz CT molecular complexity index is 1290. The molecule has 0 bridgehead atoms. The van der Waals surface area contributed by atoms with Crippen molar-refractivity contribution in [3.8, 4) is 11.5 Å². The summed E-state index contributed by atoms with van der Waals surface area (Å²) in [6.07, 6.45) is 4.22. The second kappa shape index (κ2) is 12.5. The number of carbonyl (C=O) groups excluding carboxylic acids is 2. The van der Waals surface area contributed by atoms with Gasteiger partial charge in [0.1, 0.15) is 13.2 Å². The van der Waals surface area contributed by atoms with Gasteiger partial charge in [-0.05, 0) is 87.3 Å². The summed E-state index contributed by atoms with van der Waals surface area (Å²) in [5.41, 5.74) is 9.11. The summed E-state index contributed by atoms with van der Waals surface area (Å²) >= 11 is 0. The Morgan fingerprint density at radius 2 is 1.64 bits per heavy atom. The number of para-hydroxylation sites is 2. The molecule has 2 heterocycles. The highest BCUT2D eigenvalue weighted by Gasteiger charge is 2.19. The summed E-state index contributed by atoms with van der Waals surface area (Å²) in [5, 5.41) is 8.89. The lowest BCUT2D eigenvalue weighted by molar-refractivity contribution is 0.102. The number of amides is 3. The van der Waals surface area contributed by atoms with Gasteiger partial charge in [-0.2, -0.15) is 0 Å². The normalized spacial score (nSPS) is 15.4. The fraction of sp³-hybridized carbons (Fsp3) is 0.333. The molecule has 3 aromatic rings. The van der Waals surface area contributed by atoms with Crippen molar-refractivity contribution in [2.75, 3.05) is 49.2 Å². The van der Waals surface area contributed by atoms with E-state index in [1.54, 1.807) is 42.5 Å². The van der Waals surface area contributed by atoms with Gasteiger partial charge in [0.15, 0.2) is 11.5 Å². The number of ether oxygens (including phenoxy) is 2. The Morgan fingerprint density at radius 3 is 2.41 bits per heavy atom. The molecule has 204 valence electrons. The highest BCUT2D eigenvalue weighted by molar-refractivity contribution is 6.05. The van der Waals surface area contributed by atoms with Crippen LogP contribution in [-0.4, -0.2) is 49.7 Å². The van der Waals surface area contributed by atoms with Crippen LogP contribution < -0.4 is 31.2 Å². The minimum atomic E-state index is -0.306. The minimum Gasteiger partial charge on any atom is -0.486 e. The molecular weight excluding hydrogens is 494 g/mol. The Morgan fingerprint density at radius 1 is 0.897 bits per heavy atom. The van der Waals surface area contributed by atoms with Crippen molar-refractivity contribution in [1.82, 2.24) is 10.2 Å². The van der Waals surface area contributed by atoms with Gasteiger partial charge < -0.3 is 36.1 Å². The van der Waals surface area contributed by atoms with Crippen LogP contribution in [0.2, 0.25) is 0 Å². The molecule has 0 aliphatic carbocycles. The lowest BCUT2D eigenvalue weighted by atomic mass is 10.00. The Labute approximate surface area is 228 Å². The van der Waals surface area contributed by atoms with E-state index in [-0.39, 0.29) is 18.0 Å². The molecule has 3 aromatic carbocycles. The standard InChI is InChI=1S/C30H35N5O4/c31-24-6-1-2-7-26(24)33-29(36)22-11-9-21(10-12-22)25(8-5-17-35-15-3-4-16-35)34-30(37)32-23-13-14-27-28(20-23)39-19-18-38-27/h1-2,6-7,9-14,20,25H,3-5,8,15-19,31H2,(H,33,36)(H2,32,34,37). The fourth-order valence-corrected chi connectivity index (χ4v) is 4.97. The first-order valence-corrected chi connectivity index (χ1v) is 13.5. The number of hydrogen-bond donors (Lipinski definition) is 4. The molecule has 9 nitrogen and oxygen atoms in total. The molecule has 9 heteroatoms. The molecule has 1 fully saturated rings. The molecule has 2 aliphatic heterocycles. The van der Waals surface area contributed by atoms with E-state index in [4.69, 9.17) is 15.2 Å². The molecule has 1 saturated heterocycles. The Balaban J connectivity index is 1.25. The van der Waals surface area contributed by atoms with Gasteiger partial charge in [0.05, 0.1) is 17.4 Å². The van der Waals surface area contributed by atoms with Crippen LogP contribution in [0.15, 0.2) is 66.7 Å². The summed E-state index contributed by atoms with van der Waals surface area (Å²) < 4.78 is 11.2. The van der Waals surface area contributed by atoms with Gasteiger partial charge in [0.25, 0.3) is 5.91 Å². The third-order valence-electron chi connectivity index (χ3n) is 7.06. The monoisotopic (exact) mass is 529 g/mol. The summed E-state index contributed by atoms with van der Waals surface area (Å²) in [5.74, 6) is 1.05. The largest absolute Gasteiger partial charge is 0.486 e. The molecule has 1 atom stereocenters. The van der Waals surface area contributed by atoms with Crippen molar-refractivity contribution in [3.05, 3.63) is 77.9 Å². The third kappa shape index (κ3) is 7.00. The summed E-state index contributed by atoms with van der Waals surface area (Å²) in [7, 11) is 0. The predicted octanol–water partition coefficient (Wildman–Crippen LogP) is 5.03. The van der Waals surface area contributed by atoms with Crippen LogP contribution in [0.4, 0.5) is 21.9 Å². The van der Waals surface area contributed by atoms with Crippen molar-refractivity contribution in [2.24, 2.45) is 0 Å². The van der Waals surface area contributed by atoms with E-state index in [1.165, 1.54) is 12.8 Å². The third-order valence-corrected chi connectivity index (χ3v) is 7.06. The van der Waals surface area contributed by atoms with Gasteiger partial charge in [0.2, 0.25) is 0 Å². The van der Waals surface area contributed by atoms with E-state index >= 15 is 0 Å². The molecular formula is C30H35N5O4. The minimum absolute atomic E-state index is 0.216. The molecule has 0 radical (unpaired) electrons. The molecule has 5 rings (SSSR count). The van der Waals surface area contributed by atoms with Gasteiger partial charge in [-0.15, -0.1) is 0 Å². The van der Waals surface area contributed by atoms with Crippen LogP contribution in [0.5, 0.6) is 11.5 Å². The highest BCUT2D eigenvalue weighted by atomic mass is 16.6. The first-order valence-electron chi connectivity index (χ1n) is 13.5. The van der Waals surface area contributed by atoms with Crippen LogP contribution in [0, 0.1) is 0 Å². The SMILES string of the molecule is Nc1ccccc1NC(=O)c1ccc(C(CCCN2CCCC2)NC(=O)Nc2ccc3c(c2)OCCO3)cc1. The summed E-state index contributed by atoms with van der Waals surface area (Å²) in [6.45, 7) is 4.27. The van der Waals surface area contributed by atoms with E-state index in [0.29, 0.717) is 47.3 Å². The first kappa shape index (κ1) is 26.4. The Kier molecular flexibility index (Phi) is 8.48. The summed E-state index contributed by atoms with van der Waals surface area (Å²) in [4.78, 5) is 28.3. The number of hydrogen-bond acceptors (Lipinski definition) is 6. The number of carbonyl (C=O) groups is 2. The predicted molar refractivity (Wildman–Crippen MR) is 152 cm³/mol. The van der Waals surface area contributed by atoms with E-state index < -0.39 is 0 Å². The van der Waals surface area contributed by atoms with E-state index in [1.807, 2.05) is 24.3 Å². The van der Waals surface area contributed by atoms with Crippen molar-refractivity contribution >= 4 is 29.0 Å². The zero-order chi connectivity index (χ0) is 27.0. The van der Waals surface area contributed by atoms with E-state index in [9.17, 15) is 9.59 Å². The lowest BCUT2D eigenvalue weighted by Gasteiger charge is -2.22. The van der Waals surface area contributed by atoms with Crippen LogP contribution in [0.25, 0.3) is 0 Å². The van der Waals surface area contributed by atoms with Crippen LogP contribution in [0.1, 0.15) is 47.6 Å². The smallest absolute Gasteiger partial charge is 0.319 e. The molecule has 5 N–H and O–H groups in total. The quantitative estimate of drug-likeness (QED) is 0.289. The van der Waals surface area contributed by atoms with Gasteiger partial charge in [-0.1, -0.05) is 24.3 Å². The number of urea groups is 1. The average molecular weight is 530 g/mol. The van der Waals surface area contributed by atoms with Crippen molar-refractivity contribution in [1.29, 1.82) is 0 Å². The number of nitrogens with one attached hydrogen (secondary N) is 3. The van der Waals surface area contributed by atoms with Gasteiger partial charge in [-0.25, -0.2) is 4.79 Å². The van der Waals surface area contributed by atoms with Crippen molar-refractivity contribution in [3.63, 3.8) is 0 Å². The van der Waals surface area contributed by atoms with Gasteiger partial charge >= 0.3 is 6.03 Å². The number of fused-ring (bicyclic) bond motifs is 1. The maximum atomic E-state index is 13.0. The summed E-state index contributed by atoms with van der Waals surface area (Å²) in [6, 6.07) is 19.3. The average Bonchev–Trinajstić information content (AvgIpc) is 3.47. The van der Waals surface area contributed by atoms with E-state index in [2.05, 4.69) is 20.9 Å². The molecule has 39 heavy (non-hydrogen) atoms. The van der Waals surface area contributed by atoms with Crippen LogP contribution in [0.3, 0.4) is 0 Å². The Hall–Kier alpha value is -4.24. The maximum absolute atomic E-state index is 13.0. The van der Waals surface area contributed by atoms with Crippen LogP contribution in [-0.2, 0) is 0 Å². The molecule has 0 saturated carbocycles. The molecule has 0 aromatic heterocycles. The fourth-order valence-electron chi connectivity index (χ4n) is 4.97. The topological polar surface area (TPSA) is 118 Å². The first-order chi connectivity index (χ1) is 19.0. The number of anilines is 3. The number of nitrogens with zero attached hydrogens (tertiary/aromatic N) is 1. The number of likely N-dealkylation sites (tertiary alicyclic amines) is 1. The molecule has 0 spiro atoms. The second-order valence-corrected chi connectivity index (χ2v) is 9.86. The van der Waals surface area contributed by atoms with Crippen LogP contribution >= 0.6 is 0 Å². The lowest BCUT2D eigenvalue weighted by Crippen LogP contribution is -2.33. The van der Waals surface area contributed by atoms with Crippen molar-refractivity contribution < 1.29 is 19.1 Å². The number of nitrogens with two attached hydrogens (primary N) is 1. The number of nitrogen functional groups attached to an aromatic ring is 1. The van der Waals surface area contributed by atoms with Crippen molar-refractivity contribution in [2.45, 2.75) is 31.7 Å². The molecule has 3 amide bonds.